The van der Waals surface area contributed by atoms with Gasteiger partial charge in [-0.3, -0.25) is 24.0 Å². The summed E-state index contributed by atoms with van der Waals surface area (Å²) in [5.41, 5.74) is -1.25. The summed E-state index contributed by atoms with van der Waals surface area (Å²) in [5, 5.41) is 2.76. The van der Waals surface area contributed by atoms with Gasteiger partial charge in [0.05, 0.1) is 18.9 Å². The molecule has 1 saturated heterocycles. The Morgan fingerprint density at radius 3 is 2.40 bits per heavy atom. The molecule has 4 rings (SSSR count). The third kappa shape index (κ3) is 4.21. The van der Waals surface area contributed by atoms with Crippen LogP contribution in [0.15, 0.2) is 30.3 Å². The molecule has 0 radical (unpaired) electrons. The number of benzene rings is 1. The summed E-state index contributed by atoms with van der Waals surface area (Å²) in [4.78, 5) is 64.6. The van der Waals surface area contributed by atoms with Gasteiger partial charge in [-0.1, -0.05) is 32.0 Å². The number of methoxy groups -OCH3 is 1. The van der Waals surface area contributed by atoms with Gasteiger partial charge in [-0.2, -0.15) is 0 Å². The molecule has 0 spiro atoms. The molecular weight excluding hydrogens is 454 g/mol. The number of nitrogens with one attached hydrogen (secondary N) is 1. The number of carbonyl (C=O) groups is 5. The quantitative estimate of drug-likeness (QED) is 0.510. The van der Waals surface area contributed by atoms with E-state index in [9.17, 15) is 24.0 Å². The van der Waals surface area contributed by atoms with Gasteiger partial charge < -0.3 is 19.5 Å². The van der Waals surface area contributed by atoms with Crippen molar-refractivity contribution in [3.05, 3.63) is 30.3 Å². The molecule has 0 unspecified atom stereocenters. The van der Waals surface area contributed by atoms with Gasteiger partial charge >= 0.3 is 17.9 Å². The second kappa shape index (κ2) is 9.09. The van der Waals surface area contributed by atoms with Gasteiger partial charge in [0, 0.05) is 31.4 Å². The highest BCUT2D eigenvalue weighted by Crippen LogP contribution is 2.64. The fourth-order valence-corrected chi connectivity index (χ4v) is 6.71. The van der Waals surface area contributed by atoms with Crippen molar-refractivity contribution in [2.45, 2.75) is 58.7 Å². The van der Waals surface area contributed by atoms with Crippen LogP contribution >= 0.6 is 0 Å². The van der Waals surface area contributed by atoms with Crippen LogP contribution in [0.5, 0.6) is 0 Å². The second-order valence-electron chi connectivity index (χ2n) is 10.3. The van der Waals surface area contributed by atoms with Crippen LogP contribution in [0, 0.1) is 28.6 Å². The number of esters is 3. The summed E-state index contributed by atoms with van der Waals surface area (Å²) in [5.74, 6) is -4.60. The van der Waals surface area contributed by atoms with E-state index in [0.29, 0.717) is 18.5 Å². The first kappa shape index (κ1) is 24.9. The highest BCUT2D eigenvalue weighted by Gasteiger charge is 2.68. The summed E-state index contributed by atoms with van der Waals surface area (Å²) in [6, 6.07) is 8.81. The summed E-state index contributed by atoms with van der Waals surface area (Å²) in [7, 11) is 1.28. The van der Waals surface area contributed by atoms with Gasteiger partial charge in [0.1, 0.15) is 0 Å². The average Bonchev–Trinajstić information content (AvgIpc) is 2.80. The largest absolute Gasteiger partial charge is 0.469 e. The van der Waals surface area contributed by atoms with Crippen LogP contribution in [0.3, 0.4) is 0 Å². The zero-order chi connectivity index (χ0) is 25.5. The zero-order valence-electron chi connectivity index (χ0n) is 20.4. The van der Waals surface area contributed by atoms with E-state index in [1.165, 1.54) is 14.0 Å². The number of fused-ring (bicyclic) bond motifs is 3. The van der Waals surface area contributed by atoms with Gasteiger partial charge in [0.2, 0.25) is 0 Å². The Balaban J connectivity index is 1.71. The molecule has 9 nitrogen and oxygen atoms in total. The molecule has 2 aliphatic carbocycles. The van der Waals surface area contributed by atoms with Crippen LogP contribution in [-0.4, -0.2) is 48.9 Å². The molecule has 188 valence electrons. The normalized spacial score (nSPS) is 36.2. The number of hydrogen-bond donors (Lipinski definition) is 1. The Hall–Kier alpha value is -3.23. The van der Waals surface area contributed by atoms with Gasteiger partial charge in [-0.05, 0) is 35.8 Å². The summed E-state index contributed by atoms with van der Waals surface area (Å²) >= 11 is 0. The Morgan fingerprint density at radius 2 is 1.77 bits per heavy atom. The number of cyclic esters (lactones) is 1. The second-order valence-corrected chi connectivity index (χ2v) is 10.3. The van der Waals surface area contributed by atoms with Crippen molar-refractivity contribution in [3.8, 4) is 0 Å². The standard InChI is InChI=1S/C26H31NO8/c1-14(28)34-18-12-17(23(31)33-4)25(2)11-10-16-24(32)35-19(13-26(16,3)21(25)20(18)29)22(30)27-15-8-6-5-7-9-15/h5-9,16-19,21H,10-13H2,1-4H3,(H,27,30)/t16-,17-,18-,19-,21-,25-,26-/m0/s1. The first-order chi connectivity index (χ1) is 16.5. The van der Waals surface area contributed by atoms with Gasteiger partial charge in [0.25, 0.3) is 5.91 Å². The van der Waals surface area contributed by atoms with E-state index in [1.807, 2.05) is 19.9 Å². The van der Waals surface area contributed by atoms with E-state index < -0.39 is 64.6 Å². The molecule has 2 saturated carbocycles. The van der Waals surface area contributed by atoms with Crippen LogP contribution in [-0.2, 0) is 38.2 Å². The summed E-state index contributed by atoms with van der Waals surface area (Å²) < 4.78 is 15.9. The molecule has 1 aromatic carbocycles. The maximum absolute atomic E-state index is 13.8. The molecule has 1 N–H and O–H groups in total. The first-order valence-corrected chi connectivity index (χ1v) is 11.9. The van der Waals surface area contributed by atoms with Gasteiger partial charge in [-0.25, -0.2) is 0 Å². The van der Waals surface area contributed by atoms with E-state index in [2.05, 4.69) is 5.32 Å². The van der Waals surface area contributed by atoms with E-state index in [4.69, 9.17) is 14.2 Å². The first-order valence-electron chi connectivity index (χ1n) is 11.9. The van der Waals surface area contributed by atoms with Gasteiger partial charge in [0.15, 0.2) is 18.0 Å². The average molecular weight is 486 g/mol. The summed E-state index contributed by atoms with van der Waals surface area (Å²) in [6.07, 6.45) is -1.26. The van der Waals surface area contributed by atoms with Crippen molar-refractivity contribution in [2.24, 2.45) is 28.6 Å². The Bertz CT molecular complexity index is 1050. The van der Waals surface area contributed by atoms with Crippen LogP contribution in [0.2, 0.25) is 0 Å². The zero-order valence-corrected chi connectivity index (χ0v) is 20.4. The van der Waals surface area contributed by atoms with E-state index in [0.717, 1.165) is 0 Å². The minimum Gasteiger partial charge on any atom is -0.469 e. The molecule has 1 aliphatic heterocycles. The molecule has 7 atom stereocenters. The fourth-order valence-electron chi connectivity index (χ4n) is 6.71. The number of Topliss-reactive ketones (excluding diaryl/α,β-unsaturated/α-hetero) is 1. The lowest BCUT2D eigenvalue weighted by molar-refractivity contribution is -0.209. The number of rotatable bonds is 4. The van der Waals surface area contributed by atoms with Crippen LogP contribution in [0.4, 0.5) is 5.69 Å². The van der Waals surface area contributed by atoms with Crippen molar-refractivity contribution in [3.63, 3.8) is 0 Å². The number of anilines is 1. The number of para-hydroxylation sites is 1. The van der Waals surface area contributed by atoms with Crippen molar-refractivity contribution < 1.29 is 38.2 Å². The van der Waals surface area contributed by atoms with E-state index >= 15 is 0 Å². The molecular formula is C26H31NO8. The fraction of sp³-hybridized carbons (Fsp3) is 0.577. The van der Waals surface area contributed by atoms with E-state index in [1.54, 1.807) is 24.3 Å². The molecule has 0 aromatic heterocycles. The van der Waals surface area contributed by atoms with Crippen molar-refractivity contribution in [1.82, 2.24) is 0 Å². The predicted molar refractivity (Wildman–Crippen MR) is 123 cm³/mol. The van der Waals surface area contributed by atoms with E-state index in [-0.39, 0.29) is 18.6 Å². The summed E-state index contributed by atoms with van der Waals surface area (Å²) in [6.45, 7) is 4.88. The molecule has 1 amide bonds. The monoisotopic (exact) mass is 485 g/mol. The highest BCUT2D eigenvalue weighted by molar-refractivity contribution is 5.97. The van der Waals surface area contributed by atoms with Gasteiger partial charge in [-0.15, -0.1) is 0 Å². The smallest absolute Gasteiger partial charge is 0.310 e. The Kier molecular flexibility index (Phi) is 6.46. The molecule has 35 heavy (non-hydrogen) atoms. The van der Waals surface area contributed by atoms with Crippen molar-refractivity contribution in [2.75, 3.05) is 12.4 Å². The number of ether oxygens (including phenoxy) is 3. The molecule has 9 heteroatoms. The molecule has 1 heterocycles. The number of hydrogen-bond acceptors (Lipinski definition) is 8. The topological polar surface area (TPSA) is 125 Å². The maximum atomic E-state index is 13.8. The van der Waals surface area contributed by atoms with Crippen molar-refractivity contribution >= 4 is 35.3 Å². The lowest BCUT2D eigenvalue weighted by Gasteiger charge is -2.60. The third-order valence-electron chi connectivity index (χ3n) is 8.23. The minimum absolute atomic E-state index is 0.0290. The predicted octanol–water partition coefficient (Wildman–Crippen LogP) is 2.67. The van der Waals surface area contributed by atoms with Crippen LogP contribution in [0.25, 0.3) is 0 Å². The van der Waals surface area contributed by atoms with Crippen LogP contribution in [0.1, 0.15) is 46.5 Å². The highest BCUT2D eigenvalue weighted by atomic mass is 16.6. The lowest BCUT2D eigenvalue weighted by atomic mass is 9.43. The third-order valence-corrected chi connectivity index (χ3v) is 8.23. The number of amides is 1. The Morgan fingerprint density at radius 1 is 1.09 bits per heavy atom. The van der Waals surface area contributed by atoms with Crippen LogP contribution < -0.4 is 5.32 Å². The number of ketones is 1. The minimum atomic E-state index is -1.13. The number of carbonyl (C=O) groups excluding carboxylic acids is 5. The molecule has 0 bridgehead atoms. The lowest BCUT2D eigenvalue weighted by Crippen LogP contribution is -2.66. The SMILES string of the molecule is COC(=O)[C@@H]1C[C@H](OC(C)=O)C(=O)[C@H]2[C@@]1(C)CC[C@H]1C(=O)O[C@H](C(=O)Nc3ccccc3)C[C@]21C. The van der Waals surface area contributed by atoms with Crippen molar-refractivity contribution in [1.29, 1.82) is 0 Å². The molecule has 3 fully saturated rings. The molecule has 1 aromatic rings. The Labute approximate surface area is 203 Å². The maximum Gasteiger partial charge on any atom is 0.310 e. The molecule has 3 aliphatic rings.